The Labute approximate surface area is 128 Å². The number of hydrogen-bond donors (Lipinski definition) is 2. The van der Waals surface area contributed by atoms with Crippen molar-refractivity contribution >= 4 is 0 Å². The number of hydrogen-bond acceptors (Lipinski definition) is 4. The number of benzene rings is 1. The molecule has 0 amide bonds. The first-order valence-corrected chi connectivity index (χ1v) is 7.61. The molecule has 21 heavy (non-hydrogen) atoms. The van der Waals surface area contributed by atoms with Crippen LogP contribution >= 0.6 is 0 Å². The molecule has 0 heterocycles. The molecule has 120 valence electrons. The second-order valence-electron chi connectivity index (χ2n) is 5.75. The summed E-state index contributed by atoms with van der Waals surface area (Å²) in [4.78, 5) is 0. The van der Waals surface area contributed by atoms with E-state index in [1.807, 2.05) is 37.3 Å². The molecule has 3 unspecified atom stereocenters. The van der Waals surface area contributed by atoms with Gasteiger partial charge in [-0.1, -0.05) is 44.2 Å². The average Bonchev–Trinajstić information content (AvgIpc) is 2.49. The maximum Gasteiger partial charge on any atom is 0.0898 e. The van der Waals surface area contributed by atoms with Gasteiger partial charge in [-0.3, -0.25) is 0 Å². The number of ether oxygens (including phenoxy) is 2. The molecule has 3 atom stereocenters. The van der Waals surface area contributed by atoms with Gasteiger partial charge in [-0.25, -0.2) is 0 Å². The third kappa shape index (κ3) is 7.05. The standard InChI is InChI=1S/C17H29NO3/c1-13(2)17(12-20-4)18-10-16(19)11-21-14(3)15-8-6-5-7-9-15/h5-9,13-14,16-19H,10-12H2,1-4H3. The molecule has 4 heteroatoms. The molecule has 1 rings (SSSR count). The summed E-state index contributed by atoms with van der Waals surface area (Å²) < 4.78 is 10.9. The van der Waals surface area contributed by atoms with Gasteiger partial charge in [-0.2, -0.15) is 0 Å². The van der Waals surface area contributed by atoms with Crippen LogP contribution < -0.4 is 5.32 Å². The lowest BCUT2D eigenvalue weighted by molar-refractivity contribution is -0.00459. The highest BCUT2D eigenvalue weighted by atomic mass is 16.5. The SMILES string of the molecule is COCC(NCC(O)COC(C)c1ccccc1)C(C)C. The summed E-state index contributed by atoms with van der Waals surface area (Å²) in [5, 5.41) is 13.3. The topological polar surface area (TPSA) is 50.7 Å². The van der Waals surface area contributed by atoms with Crippen molar-refractivity contribution in [3.63, 3.8) is 0 Å². The molecule has 2 N–H and O–H groups in total. The Morgan fingerprint density at radius 1 is 1.10 bits per heavy atom. The highest BCUT2D eigenvalue weighted by Gasteiger charge is 2.15. The van der Waals surface area contributed by atoms with Crippen LogP contribution in [0.15, 0.2) is 30.3 Å². The van der Waals surface area contributed by atoms with Gasteiger partial charge in [0.15, 0.2) is 0 Å². The third-order valence-corrected chi connectivity index (χ3v) is 3.57. The van der Waals surface area contributed by atoms with Crippen LogP contribution in [-0.2, 0) is 9.47 Å². The first kappa shape index (κ1) is 18.1. The number of aliphatic hydroxyl groups is 1. The Balaban J connectivity index is 2.29. The van der Waals surface area contributed by atoms with E-state index in [-0.39, 0.29) is 12.1 Å². The van der Waals surface area contributed by atoms with Crippen LogP contribution in [0.5, 0.6) is 0 Å². The fraction of sp³-hybridized carbons (Fsp3) is 0.647. The molecule has 4 nitrogen and oxygen atoms in total. The predicted molar refractivity (Wildman–Crippen MR) is 85.3 cm³/mol. The molecule has 0 fully saturated rings. The molecule has 0 aliphatic rings. The molecule has 1 aromatic rings. The molecule has 0 saturated carbocycles. The molecular formula is C17H29NO3. The van der Waals surface area contributed by atoms with Crippen molar-refractivity contribution < 1.29 is 14.6 Å². The van der Waals surface area contributed by atoms with Gasteiger partial charge in [0.1, 0.15) is 0 Å². The van der Waals surface area contributed by atoms with Gasteiger partial charge in [0, 0.05) is 19.7 Å². The Bertz CT molecular complexity index is 370. The largest absolute Gasteiger partial charge is 0.389 e. The molecule has 0 radical (unpaired) electrons. The van der Waals surface area contributed by atoms with Gasteiger partial charge in [0.05, 0.1) is 25.4 Å². The summed E-state index contributed by atoms with van der Waals surface area (Å²) >= 11 is 0. The monoisotopic (exact) mass is 295 g/mol. The minimum absolute atomic E-state index is 0.0132. The molecule has 0 bridgehead atoms. The zero-order valence-electron chi connectivity index (χ0n) is 13.6. The highest BCUT2D eigenvalue weighted by Crippen LogP contribution is 2.15. The maximum absolute atomic E-state index is 10.0. The molecule has 0 aliphatic heterocycles. The van der Waals surface area contributed by atoms with Crippen LogP contribution in [0.1, 0.15) is 32.4 Å². The Morgan fingerprint density at radius 3 is 2.33 bits per heavy atom. The summed E-state index contributed by atoms with van der Waals surface area (Å²) in [6.07, 6.45) is -0.532. The Morgan fingerprint density at radius 2 is 1.76 bits per heavy atom. The van der Waals surface area contributed by atoms with Crippen LogP contribution in [-0.4, -0.2) is 44.1 Å². The fourth-order valence-electron chi connectivity index (χ4n) is 2.09. The van der Waals surface area contributed by atoms with E-state index in [2.05, 4.69) is 19.2 Å². The summed E-state index contributed by atoms with van der Waals surface area (Å²) in [6.45, 7) is 7.74. The zero-order chi connectivity index (χ0) is 15.7. The van der Waals surface area contributed by atoms with E-state index in [1.54, 1.807) is 7.11 Å². The van der Waals surface area contributed by atoms with E-state index in [4.69, 9.17) is 9.47 Å². The van der Waals surface area contributed by atoms with Gasteiger partial charge >= 0.3 is 0 Å². The second kappa shape index (κ2) is 9.90. The van der Waals surface area contributed by atoms with E-state index in [1.165, 1.54) is 0 Å². The zero-order valence-corrected chi connectivity index (χ0v) is 13.6. The fourth-order valence-corrected chi connectivity index (χ4v) is 2.09. The van der Waals surface area contributed by atoms with Crippen molar-refractivity contribution in [1.29, 1.82) is 0 Å². The van der Waals surface area contributed by atoms with Crippen LogP contribution in [0.2, 0.25) is 0 Å². The maximum atomic E-state index is 10.0. The Hall–Kier alpha value is -0.940. The van der Waals surface area contributed by atoms with Crippen LogP contribution in [0, 0.1) is 5.92 Å². The first-order chi connectivity index (χ1) is 10.0. The lowest BCUT2D eigenvalue weighted by Crippen LogP contribution is -2.42. The minimum atomic E-state index is -0.519. The number of rotatable bonds is 10. The average molecular weight is 295 g/mol. The van der Waals surface area contributed by atoms with E-state index in [0.717, 1.165) is 5.56 Å². The lowest BCUT2D eigenvalue weighted by atomic mass is 10.1. The first-order valence-electron chi connectivity index (χ1n) is 7.61. The normalized spacial score (nSPS) is 15.9. The minimum Gasteiger partial charge on any atom is -0.389 e. The van der Waals surface area contributed by atoms with Gasteiger partial charge in [-0.15, -0.1) is 0 Å². The second-order valence-corrected chi connectivity index (χ2v) is 5.75. The smallest absolute Gasteiger partial charge is 0.0898 e. The molecule has 1 aromatic carbocycles. The third-order valence-electron chi connectivity index (χ3n) is 3.57. The van der Waals surface area contributed by atoms with E-state index < -0.39 is 6.10 Å². The van der Waals surface area contributed by atoms with Crippen molar-refractivity contribution in [2.75, 3.05) is 26.9 Å². The molecule has 0 aromatic heterocycles. The summed E-state index contributed by atoms with van der Waals surface area (Å²) in [5.41, 5.74) is 1.12. The summed E-state index contributed by atoms with van der Waals surface area (Å²) in [5.74, 6) is 0.460. The number of methoxy groups -OCH3 is 1. The number of nitrogens with one attached hydrogen (secondary N) is 1. The van der Waals surface area contributed by atoms with Crippen molar-refractivity contribution in [3.8, 4) is 0 Å². The Kier molecular flexibility index (Phi) is 8.54. The number of aliphatic hydroxyl groups excluding tert-OH is 1. The van der Waals surface area contributed by atoms with Crippen molar-refractivity contribution in [3.05, 3.63) is 35.9 Å². The van der Waals surface area contributed by atoms with Gasteiger partial charge in [0.2, 0.25) is 0 Å². The van der Waals surface area contributed by atoms with Crippen molar-refractivity contribution in [2.24, 2.45) is 5.92 Å². The van der Waals surface area contributed by atoms with Crippen LogP contribution in [0.25, 0.3) is 0 Å². The van der Waals surface area contributed by atoms with E-state index in [9.17, 15) is 5.11 Å². The highest BCUT2D eigenvalue weighted by molar-refractivity contribution is 5.16. The summed E-state index contributed by atoms with van der Waals surface area (Å²) in [7, 11) is 1.69. The molecular weight excluding hydrogens is 266 g/mol. The van der Waals surface area contributed by atoms with Gasteiger partial charge in [0.25, 0.3) is 0 Å². The molecule has 0 spiro atoms. The molecule has 0 saturated heterocycles. The quantitative estimate of drug-likeness (QED) is 0.696. The van der Waals surface area contributed by atoms with Gasteiger partial charge in [-0.05, 0) is 18.4 Å². The van der Waals surface area contributed by atoms with E-state index in [0.29, 0.717) is 25.7 Å². The van der Waals surface area contributed by atoms with Gasteiger partial charge < -0.3 is 19.9 Å². The van der Waals surface area contributed by atoms with E-state index >= 15 is 0 Å². The van der Waals surface area contributed by atoms with Crippen molar-refractivity contribution in [2.45, 2.75) is 39.0 Å². The lowest BCUT2D eigenvalue weighted by Gasteiger charge is -2.24. The van der Waals surface area contributed by atoms with Crippen LogP contribution in [0.4, 0.5) is 0 Å². The molecule has 0 aliphatic carbocycles. The van der Waals surface area contributed by atoms with Crippen molar-refractivity contribution in [1.82, 2.24) is 5.32 Å². The predicted octanol–water partition coefficient (Wildman–Crippen LogP) is 2.39. The van der Waals surface area contributed by atoms with Crippen LogP contribution in [0.3, 0.4) is 0 Å². The summed E-state index contributed by atoms with van der Waals surface area (Å²) in [6, 6.07) is 10.3.